The Morgan fingerprint density at radius 1 is 1.00 bits per heavy atom. The largest absolute Gasteiger partial charge is 0.496 e. The number of anilines is 2. The number of benzene rings is 3. The summed E-state index contributed by atoms with van der Waals surface area (Å²) in [6.07, 6.45) is 0. The maximum absolute atomic E-state index is 13.7. The lowest BCUT2D eigenvalue weighted by Crippen LogP contribution is -2.31. The molecule has 0 saturated carbocycles. The van der Waals surface area contributed by atoms with Crippen molar-refractivity contribution in [3.05, 3.63) is 99.7 Å². The summed E-state index contributed by atoms with van der Waals surface area (Å²) in [5.41, 5.74) is 2.68. The molecule has 0 saturated heterocycles. The molecule has 2 N–H and O–H groups in total. The van der Waals surface area contributed by atoms with E-state index in [1.165, 1.54) is 19.2 Å². The number of hydrogen-bond acceptors (Lipinski definition) is 8. The average molecular weight is 513 g/mol. The third-order valence-corrected chi connectivity index (χ3v) is 6.22. The van der Waals surface area contributed by atoms with Crippen molar-refractivity contribution in [1.82, 2.24) is 14.8 Å². The summed E-state index contributed by atoms with van der Waals surface area (Å²) in [5, 5.41) is 22.1. The number of hydrogen-bond donors (Lipinski definition) is 2. The fourth-order valence-electron chi connectivity index (χ4n) is 4.41. The summed E-state index contributed by atoms with van der Waals surface area (Å²) in [6, 6.07) is 19.8. The van der Waals surface area contributed by atoms with Crippen molar-refractivity contribution in [2.45, 2.75) is 13.0 Å². The second-order valence-electron chi connectivity index (χ2n) is 8.47. The lowest BCUT2D eigenvalue weighted by atomic mass is 9.95. The summed E-state index contributed by atoms with van der Waals surface area (Å²) in [4.78, 5) is 29.2. The molecule has 0 spiro atoms. The Bertz CT molecular complexity index is 1560. The third kappa shape index (κ3) is 4.41. The number of para-hydroxylation sites is 3. The molecule has 0 aliphatic carbocycles. The van der Waals surface area contributed by atoms with E-state index in [4.69, 9.17) is 14.6 Å². The van der Waals surface area contributed by atoms with Crippen molar-refractivity contribution < 1.29 is 19.2 Å². The summed E-state index contributed by atoms with van der Waals surface area (Å²) < 4.78 is 12.5. The van der Waals surface area contributed by atoms with Crippen molar-refractivity contribution in [2.24, 2.45) is 0 Å². The molecule has 11 heteroatoms. The molecule has 11 nitrogen and oxygen atoms in total. The van der Waals surface area contributed by atoms with Gasteiger partial charge in [-0.3, -0.25) is 14.9 Å². The molecule has 38 heavy (non-hydrogen) atoms. The number of nitro groups is 1. The van der Waals surface area contributed by atoms with E-state index in [-0.39, 0.29) is 11.6 Å². The molecule has 0 fully saturated rings. The first-order valence-electron chi connectivity index (χ1n) is 11.7. The first-order chi connectivity index (χ1) is 18.4. The normalized spacial score (nSPS) is 14.3. The molecule has 5 rings (SSSR count). The number of allylic oxidation sites excluding steroid dienone is 1. The van der Waals surface area contributed by atoms with Gasteiger partial charge in [-0.25, -0.2) is 4.68 Å². The maximum atomic E-state index is 13.7. The average Bonchev–Trinajstić information content (AvgIpc) is 3.35. The number of nitrogens with one attached hydrogen (secondary N) is 2. The number of aromatic nitrogens is 3. The van der Waals surface area contributed by atoms with Crippen molar-refractivity contribution in [1.29, 1.82) is 0 Å². The van der Waals surface area contributed by atoms with Crippen LogP contribution in [0.3, 0.4) is 0 Å². The van der Waals surface area contributed by atoms with Crippen LogP contribution in [0.2, 0.25) is 0 Å². The second-order valence-corrected chi connectivity index (χ2v) is 8.47. The Kier molecular flexibility index (Phi) is 6.48. The van der Waals surface area contributed by atoms with Crippen LogP contribution in [0.25, 0.3) is 11.4 Å². The summed E-state index contributed by atoms with van der Waals surface area (Å²) in [6.45, 7) is 1.77. The molecular weight excluding hydrogens is 488 g/mol. The molecule has 1 aliphatic rings. The number of ether oxygens (including phenoxy) is 2. The van der Waals surface area contributed by atoms with Gasteiger partial charge in [-0.05, 0) is 48.9 Å². The van der Waals surface area contributed by atoms with Crippen molar-refractivity contribution in [3.8, 4) is 22.9 Å². The number of nitro benzene ring substituents is 1. The number of rotatable bonds is 7. The number of non-ortho nitro benzene ring substituents is 1. The van der Waals surface area contributed by atoms with Gasteiger partial charge in [-0.1, -0.05) is 24.3 Å². The highest BCUT2D eigenvalue weighted by atomic mass is 16.6. The van der Waals surface area contributed by atoms with Crippen molar-refractivity contribution >= 4 is 23.2 Å². The molecule has 1 amide bonds. The SMILES string of the molecule is COc1ccccc1NC(=O)C1=C(C)Nc2nc(-c3ccccc3OC)nn2C1c1ccc([N+](=O)[O-])cc1. The quantitative estimate of drug-likeness (QED) is 0.267. The predicted molar refractivity (Wildman–Crippen MR) is 141 cm³/mol. The molecule has 192 valence electrons. The zero-order valence-electron chi connectivity index (χ0n) is 20.8. The fraction of sp³-hybridized carbons (Fsp3) is 0.148. The minimum absolute atomic E-state index is 0.0584. The molecular formula is C27H24N6O5. The van der Waals surface area contributed by atoms with E-state index in [0.29, 0.717) is 51.4 Å². The topological polar surface area (TPSA) is 133 Å². The van der Waals surface area contributed by atoms with Gasteiger partial charge in [0.2, 0.25) is 5.95 Å². The fourth-order valence-corrected chi connectivity index (χ4v) is 4.41. The number of carbonyl (C=O) groups excluding carboxylic acids is 1. The molecule has 1 unspecified atom stereocenters. The van der Waals surface area contributed by atoms with Gasteiger partial charge < -0.3 is 20.1 Å². The molecule has 2 heterocycles. The monoisotopic (exact) mass is 512 g/mol. The van der Waals surface area contributed by atoms with E-state index in [1.807, 2.05) is 30.3 Å². The van der Waals surface area contributed by atoms with E-state index < -0.39 is 11.0 Å². The Labute approximate surface area is 217 Å². The summed E-state index contributed by atoms with van der Waals surface area (Å²) >= 11 is 0. The summed E-state index contributed by atoms with van der Waals surface area (Å²) in [5.74, 6) is 1.54. The van der Waals surface area contributed by atoms with Gasteiger partial charge in [-0.15, -0.1) is 5.10 Å². The van der Waals surface area contributed by atoms with Gasteiger partial charge >= 0.3 is 0 Å². The first kappa shape index (κ1) is 24.5. The molecule has 0 bridgehead atoms. The molecule has 1 aromatic heterocycles. The van der Waals surface area contributed by atoms with Crippen LogP contribution < -0.4 is 20.1 Å². The van der Waals surface area contributed by atoms with Crippen LogP contribution >= 0.6 is 0 Å². The van der Waals surface area contributed by atoms with Crippen LogP contribution in [0.4, 0.5) is 17.3 Å². The van der Waals surface area contributed by atoms with E-state index in [9.17, 15) is 14.9 Å². The zero-order valence-corrected chi connectivity index (χ0v) is 20.8. The Morgan fingerprint density at radius 2 is 1.66 bits per heavy atom. The number of nitrogens with zero attached hydrogens (tertiary/aromatic N) is 4. The third-order valence-electron chi connectivity index (χ3n) is 6.22. The van der Waals surface area contributed by atoms with Crippen LogP contribution in [0.5, 0.6) is 11.5 Å². The van der Waals surface area contributed by atoms with Crippen LogP contribution in [-0.4, -0.2) is 39.8 Å². The first-order valence-corrected chi connectivity index (χ1v) is 11.7. The van der Waals surface area contributed by atoms with Gasteiger partial charge in [0.15, 0.2) is 5.82 Å². The predicted octanol–water partition coefficient (Wildman–Crippen LogP) is 4.80. The van der Waals surface area contributed by atoms with Crippen LogP contribution in [-0.2, 0) is 4.79 Å². The van der Waals surface area contributed by atoms with Gasteiger partial charge in [0.25, 0.3) is 11.6 Å². The summed E-state index contributed by atoms with van der Waals surface area (Å²) in [7, 11) is 3.09. The molecule has 1 aliphatic heterocycles. The smallest absolute Gasteiger partial charge is 0.269 e. The highest BCUT2D eigenvalue weighted by molar-refractivity contribution is 6.06. The number of carbonyl (C=O) groups is 1. The van der Waals surface area contributed by atoms with E-state index in [0.717, 1.165) is 0 Å². The highest BCUT2D eigenvalue weighted by Crippen LogP contribution is 2.39. The van der Waals surface area contributed by atoms with Crippen molar-refractivity contribution in [3.63, 3.8) is 0 Å². The molecule has 3 aromatic carbocycles. The highest BCUT2D eigenvalue weighted by Gasteiger charge is 2.35. The van der Waals surface area contributed by atoms with Gasteiger partial charge in [0.05, 0.1) is 36.0 Å². The van der Waals surface area contributed by atoms with Crippen molar-refractivity contribution in [2.75, 3.05) is 24.9 Å². The second kappa shape index (κ2) is 10.1. The van der Waals surface area contributed by atoms with Crippen LogP contribution in [0.1, 0.15) is 18.5 Å². The van der Waals surface area contributed by atoms with Crippen LogP contribution in [0.15, 0.2) is 84.1 Å². The minimum Gasteiger partial charge on any atom is -0.496 e. The maximum Gasteiger partial charge on any atom is 0.269 e. The van der Waals surface area contributed by atoms with E-state index in [1.54, 1.807) is 49.0 Å². The number of fused-ring (bicyclic) bond motifs is 1. The van der Waals surface area contributed by atoms with Gasteiger partial charge in [0, 0.05) is 17.8 Å². The van der Waals surface area contributed by atoms with Crippen LogP contribution in [0, 0.1) is 10.1 Å². The Morgan fingerprint density at radius 3 is 2.34 bits per heavy atom. The Balaban J connectivity index is 1.62. The molecule has 4 aromatic rings. The number of amides is 1. The zero-order chi connectivity index (χ0) is 26.8. The minimum atomic E-state index is -0.724. The van der Waals surface area contributed by atoms with Gasteiger partial charge in [-0.2, -0.15) is 4.98 Å². The van der Waals surface area contributed by atoms with Gasteiger partial charge in [0.1, 0.15) is 17.5 Å². The lowest BCUT2D eigenvalue weighted by molar-refractivity contribution is -0.384. The lowest BCUT2D eigenvalue weighted by Gasteiger charge is -2.28. The molecule has 1 atom stereocenters. The molecule has 0 radical (unpaired) electrons. The standard InChI is InChI=1S/C27H24N6O5/c1-16-23(26(34)29-20-9-5-7-11-22(20)38-3)24(17-12-14-18(15-13-17)33(35)36)32-27(28-16)30-25(31-32)19-8-4-6-10-21(19)37-2/h4-15,24H,1-3H3,(H,29,34)(H,28,30,31). The number of methoxy groups -OCH3 is 2. The van der Waals surface area contributed by atoms with E-state index in [2.05, 4.69) is 15.6 Å². The van der Waals surface area contributed by atoms with E-state index >= 15 is 0 Å². The Hall–Kier alpha value is -5.19.